The average molecular weight is 293 g/mol. The van der Waals surface area contributed by atoms with Crippen LogP contribution in [-0.2, 0) is 9.59 Å². The number of carbonyl (C=O) groups excluding carboxylic acids is 1. The molecule has 3 aliphatic carbocycles. The number of pyridine rings is 1. The van der Waals surface area contributed by atoms with Gasteiger partial charge in [0.15, 0.2) is 0 Å². The predicted molar refractivity (Wildman–Crippen MR) is 72.0 cm³/mol. The van der Waals surface area contributed by atoms with Gasteiger partial charge in [0.25, 0.3) is 0 Å². The first kappa shape index (κ1) is 13.8. The highest BCUT2D eigenvalue weighted by Gasteiger charge is 2.75. The van der Waals surface area contributed by atoms with Crippen LogP contribution < -0.4 is 10.6 Å². The molecule has 6 nitrogen and oxygen atoms in total. The summed E-state index contributed by atoms with van der Waals surface area (Å²) in [7, 11) is 0. The summed E-state index contributed by atoms with van der Waals surface area (Å²) in [4.78, 5) is 26.8. The summed E-state index contributed by atoms with van der Waals surface area (Å²) in [5, 5.41) is 14.8. The van der Waals surface area contributed by atoms with Crippen molar-refractivity contribution in [1.82, 2.24) is 10.3 Å². The Morgan fingerprint density at radius 3 is 2.52 bits per heavy atom. The third kappa shape index (κ3) is 2.22. The van der Waals surface area contributed by atoms with E-state index in [4.69, 9.17) is 5.11 Å². The number of carbonyl (C=O) groups is 2. The van der Waals surface area contributed by atoms with Crippen LogP contribution in [0.4, 0.5) is 10.2 Å². The van der Waals surface area contributed by atoms with Crippen LogP contribution in [0.1, 0.15) is 19.3 Å². The van der Waals surface area contributed by atoms with Crippen molar-refractivity contribution >= 4 is 17.7 Å². The minimum absolute atomic E-state index is 0.0699. The maximum atomic E-state index is 12.7. The molecule has 0 aromatic carbocycles. The molecule has 7 heteroatoms. The monoisotopic (exact) mass is 293 g/mol. The smallest absolute Gasteiger partial charge is 0.309 e. The molecule has 0 radical (unpaired) electrons. The normalized spacial score (nSPS) is 29.0. The first-order valence-corrected chi connectivity index (χ1v) is 6.83. The van der Waals surface area contributed by atoms with E-state index in [1.165, 1.54) is 12.1 Å². The number of amides is 1. The van der Waals surface area contributed by atoms with Crippen molar-refractivity contribution in [3.05, 3.63) is 24.1 Å². The van der Waals surface area contributed by atoms with E-state index < -0.39 is 22.6 Å². The molecule has 3 N–H and O–H groups in total. The lowest BCUT2D eigenvalue weighted by atomic mass is 9.35. The largest absolute Gasteiger partial charge is 0.481 e. The van der Waals surface area contributed by atoms with Gasteiger partial charge >= 0.3 is 5.97 Å². The van der Waals surface area contributed by atoms with Crippen LogP contribution >= 0.6 is 0 Å². The summed E-state index contributed by atoms with van der Waals surface area (Å²) in [6, 6.07) is 2.83. The van der Waals surface area contributed by atoms with Crippen molar-refractivity contribution < 1.29 is 19.1 Å². The SMILES string of the molecule is O=C(O)C12CC(C(=O)NCCNc3ccc(F)cn3)(C1)C2. The molecule has 1 amide bonds. The standard InChI is InChI=1S/C14H16FN3O3/c15-9-1-2-10(18-5-9)16-3-4-17-11(19)13-6-14(7-13,8-13)12(20)21/h1-2,5H,3-4,6-8H2,(H,16,18)(H,17,19)(H,20,21). The van der Waals surface area contributed by atoms with Crippen molar-refractivity contribution in [2.24, 2.45) is 10.8 Å². The molecule has 112 valence electrons. The quantitative estimate of drug-likeness (QED) is 0.681. The lowest BCUT2D eigenvalue weighted by Crippen LogP contribution is -2.70. The Morgan fingerprint density at radius 1 is 1.24 bits per heavy atom. The van der Waals surface area contributed by atoms with Gasteiger partial charge in [0.2, 0.25) is 5.91 Å². The zero-order valence-electron chi connectivity index (χ0n) is 11.4. The first-order valence-electron chi connectivity index (χ1n) is 6.83. The first-order chi connectivity index (χ1) is 9.96. The van der Waals surface area contributed by atoms with Crippen LogP contribution in [-0.4, -0.2) is 35.1 Å². The minimum atomic E-state index is -0.791. The molecule has 0 unspecified atom stereocenters. The number of aromatic nitrogens is 1. The van der Waals surface area contributed by atoms with Crippen molar-refractivity contribution in [3.63, 3.8) is 0 Å². The van der Waals surface area contributed by atoms with Gasteiger partial charge in [0, 0.05) is 13.1 Å². The summed E-state index contributed by atoms with van der Waals surface area (Å²) >= 11 is 0. The number of carboxylic acids is 1. The van der Waals surface area contributed by atoms with Crippen LogP contribution in [0.25, 0.3) is 0 Å². The van der Waals surface area contributed by atoms with Gasteiger partial charge in [-0.1, -0.05) is 0 Å². The van der Waals surface area contributed by atoms with Gasteiger partial charge in [-0.05, 0) is 31.4 Å². The molecular weight excluding hydrogens is 277 g/mol. The van der Waals surface area contributed by atoms with E-state index in [9.17, 15) is 14.0 Å². The topological polar surface area (TPSA) is 91.3 Å². The molecule has 0 spiro atoms. The average Bonchev–Trinajstić information content (AvgIpc) is 2.33. The van der Waals surface area contributed by atoms with E-state index in [1.807, 2.05) is 0 Å². The van der Waals surface area contributed by atoms with Gasteiger partial charge in [-0.2, -0.15) is 0 Å². The fraction of sp³-hybridized carbons (Fsp3) is 0.500. The van der Waals surface area contributed by atoms with Gasteiger partial charge in [-0.25, -0.2) is 9.37 Å². The molecule has 1 aromatic rings. The molecule has 3 aliphatic rings. The number of halogens is 1. The van der Waals surface area contributed by atoms with Gasteiger partial charge in [0.05, 0.1) is 17.0 Å². The summed E-state index contributed by atoms with van der Waals surface area (Å²) in [6.07, 6.45) is 2.48. The maximum absolute atomic E-state index is 12.7. The van der Waals surface area contributed by atoms with Crippen LogP contribution in [0, 0.1) is 16.6 Å². The predicted octanol–water partition coefficient (Wildman–Crippen LogP) is 1.00. The number of nitrogens with one attached hydrogen (secondary N) is 2. The number of aliphatic carboxylic acids is 1. The number of nitrogens with zero attached hydrogens (tertiary/aromatic N) is 1. The van der Waals surface area contributed by atoms with Gasteiger partial charge in [-0.3, -0.25) is 9.59 Å². The van der Waals surface area contributed by atoms with Gasteiger partial charge < -0.3 is 15.7 Å². The summed E-state index contributed by atoms with van der Waals surface area (Å²) in [6.45, 7) is 0.893. The number of hydrogen-bond donors (Lipinski definition) is 3. The number of hydrogen-bond acceptors (Lipinski definition) is 4. The van der Waals surface area contributed by atoms with Crippen LogP contribution in [0.15, 0.2) is 18.3 Å². The summed E-state index contributed by atoms with van der Waals surface area (Å²) < 4.78 is 12.7. The molecule has 1 aromatic heterocycles. The molecule has 4 rings (SSSR count). The molecule has 1 heterocycles. The number of rotatable bonds is 6. The Hall–Kier alpha value is -2.18. The third-order valence-corrected chi connectivity index (χ3v) is 4.41. The highest BCUT2D eigenvalue weighted by molar-refractivity contribution is 5.93. The van der Waals surface area contributed by atoms with Crippen molar-refractivity contribution in [3.8, 4) is 0 Å². The molecule has 3 fully saturated rings. The lowest BCUT2D eigenvalue weighted by molar-refractivity contribution is -0.220. The second kappa shape index (κ2) is 4.68. The van der Waals surface area contributed by atoms with Crippen LogP contribution in [0.2, 0.25) is 0 Å². The van der Waals surface area contributed by atoms with Crippen LogP contribution in [0.5, 0.6) is 0 Å². The zero-order chi connectivity index (χ0) is 15.1. The second-order valence-corrected chi connectivity index (χ2v) is 5.94. The van der Waals surface area contributed by atoms with Crippen LogP contribution in [0.3, 0.4) is 0 Å². The highest BCUT2D eigenvalue weighted by atomic mass is 19.1. The Bertz CT molecular complexity index is 568. The molecule has 3 saturated carbocycles. The van der Waals surface area contributed by atoms with Crippen molar-refractivity contribution in [2.45, 2.75) is 19.3 Å². The van der Waals surface area contributed by atoms with Gasteiger partial charge in [-0.15, -0.1) is 0 Å². The minimum Gasteiger partial charge on any atom is -0.481 e. The highest BCUT2D eigenvalue weighted by Crippen LogP contribution is 2.73. The van der Waals surface area contributed by atoms with E-state index >= 15 is 0 Å². The summed E-state index contributed by atoms with van der Waals surface area (Å²) in [5.41, 5.74) is -1.08. The van der Waals surface area contributed by atoms with E-state index in [2.05, 4.69) is 15.6 Å². The molecular formula is C14H16FN3O3. The molecule has 0 aliphatic heterocycles. The molecule has 2 bridgehead atoms. The Kier molecular flexibility index (Phi) is 3.07. The Balaban J connectivity index is 1.38. The zero-order valence-corrected chi connectivity index (χ0v) is 11.4. The molecule has 0 atom stereocenters. The van der Waals surface area contributed by atoms with Crippen molar-refractivity contribution in [1.29, 1.82) is 0 Å². The lowest BCUT2D eigenvalue weighted by Gasteiger charge is -2.66. The molecule has 0 saturated heterocycles. The third-order valence-electron chi connectivity index (χ3n) is 4.41. The fourth-order valence-corrected chi connectivity index (χ4v) is 3.29. The van der Waals surface area contributed by atoms with E-state index in [1.54, 1.807) is 0 Å². The van der Waals surface area contributed by atoms with E-state index in [-0.39, 0.29) is 5.91 Å². The fourth-order valence-electron chi connectivity index (χ4n) is 3.29. The second-order valence-electron chi connectivity index (χ2n) is 5.94. The van der Waals surface area contributed by atoms with Crippen molar-refractivity contribution in [2.75, 3.05) is 18.4 Å². The van der Waals surface area contributed by atoms with E-state index in [0.29, 0.717) is 38.2 Å². The van der Waals surface area contributed by atoms with Gasteiger partial charge in [0.1, 0.15) is 11.6 Å². The molecule has 21 heavy (non-hydrogen) atoms. The Morgan fingerprint density at radius 2 is 1.95 bits per heavy atom. The number of carboxylic acid groups (broad SMARTS) is 1. The Labute approximate surface area is 120 Å². The maximum Gasteiger partial charge on any atom is 0.309 e. The number of anilines is 1. The van der Waals surface area contributed by atoms with E-state index in [0.717, 1.165) is 6.20 Å². The summed E-state index contributed by atoms with van der Waals surface area (Å²) in [5.74, 6) is -0.716.